The number of sulfonamides is 1. The lowest BCUT2D eigenvalue weighted by Gasteiger charge is -2.24. The Hall–Kier alpha value is -3.43. The van der Waals surface area contributed by atoms with Gasteiger partial charge in [-0.1, -0.05) is 78.5 Å². The van der Waals surface area contributed by atoms with Gasteiger partial charge >= 0.3 is 0 Å². The molecule has 0 unspecified atom stereocenters. The quantitative estimate of drug-likeness (QED) is 0.402. The first-order chi connectivity index (χ1) is 16.1. The molecule has 0 amide bonds. The normalized spacial score (nSPS) is 13.3. The number of nitrogens with zero attached hydrogens (tertiary/aromatic N) is 5. The van der Waals surface area contributed by atoms with Crippen LogP contribution in [0.3, 0.4) is 0 Å². The third-order valence-corrected chi connectivity index (χ3v) is 8.03. The van der Waals surface area contributed by atoms with Crippen molar-refractivity contribution in [2.75, 3.05) is 16.6 Å². The van der Waals surface area contributed by atoms with Crippen LogP contribution in [0.4, 0.5) is 5.69 Å². The predicted octanol–water partition coefficient (Wildman–Crippen LogP) is 4.07. The summed E-state index contributed by atoms with van der Waals surface area (Å²) in [5.74, 6) is 1.33. The molecule has 0 aliphatic carbocycles. The summed E-state index contributed by atoms with van der Waals surface area (Å²) in [5.41, 5.74) is 2.58. The summed E-state index contributed by atoms with van der Waals surface area (Å²) >= 11 is 1.57. The van der Waals surface area contributed by atoms with Crippen LogP contribution in [0.15, 0.2) is 106 Å². The molecule has 2 heterocycles. The number of hydrogen-bond acceptors (Lipinski definition) is 6. The van der Waals surface area contributed by atoms with Crippen molar-refractivity contribution in [1.29, 1.82) is 0 Å². The summed E-state index contributed by atoms with van der Waals surface area (Å²) in [6.07, 6.45) is 0.361. The molecule has 0 saturated heterocycles. The summed E-state index contributed by atoms with van der Waals surface area (Å²) in [6.45, 7) is 0.209. The average molecular weight is 476 g/mol. The molecule has 0 atom stereocenters. The molecule has 33 heavy (non-hydrogen) atoms. The smallest absolute Gasteiger partial charge is 0.264 e. The largest absolute Gasteiger partial charge is 0.266 e. The minimum atomic E-state index is -3.75. The lowest BCUT2D eigenvalue weighted by Crippen LogP contribution is -2.33. The molecule has 166 valence electrons. The molecule has 5 rings (SSSR count). The zero-order chi connectivity index (χ0) is 22.7. The molecule has 0 saturated carbocycles. The van der Waals surface area contributed by atoms with Crippen molar-refractivity contribution in [3.63, 3.8) is 0 Å². The van der Waals surface area contributed by atoms with E-state index in [1.54, 1.807) is 58.9 Å². The molecule has 1 aliphatic heterocycles. The van der Waals surface area contributed by atoms with Crippen LogP contribution in [0, 0.1) is 0 Å². The molecule has 0 spiro atoms. The van der Waals surface area contributed by atoms with Crippen LogP contribution in [-0.2, 0) is 16.4 Å². The van der Waals surface area contributed by atoms with Gasteiger partial charge < -0.3 is 0 Å². The second-order valence-electron chi connectivity index (χ2n) is 7.39. The maximum absolute atomic E-state index is 13.5. The van der Waals surface area contributed by atoms with Gasteiger partial charge in [0.1, 0.15) is 0 Å². The van der Waals surface area contributed by atoms with Gasteiger partial charge in [-0.25, -0.2) is 8.42 Å². The summed E-state index contributed by atoms with van der Waals surface area (Å²) in [7, 11) is -3.75. The van der Waals surface area contributed by atoms with Crippen LogP contribution in [0.5, 0.6) is 0 Å². The second kappa shape index (κ2) is 9.21. The third-order valence-electron chi connectivity index (χ3n) is 5.26. The highest BCUT2D eigenvalue weighted by molar-refractivity contribution is 7.99. The lowest BCUT2D eigenvalue weighted by atomic mass is 10.1. The monoisotopic (exact) mass is 475 g/mol. The molecular formula is C24H21N5O2S2. The first kappa shape index (κ1) is 21.4. The number of rotatable bonds is 7. The lowest BCUT2D eigenvalue weighted by molar-refractivity contribution is 0.589. The number of hydrogen-bond donors (Lipinski definition) is 0. The summed E-state index contributed by atoms with van der Waals surface area (Å²) in [6, 6.07) is 27.6. The average Bonchev–Trinajstić information content (AvgIpc) is 3.28. The maximum atomic E-state index is 13.5. The number of aromatic nitrogens is 3. The van der Waals surface area contributed by atoms with Crippen LogP contribution in [0.2, 0.25) is 0 Å². The Morgan fingerprint density at radius 3 is 2.18 bits per heavy atom. The molecule has 0 bridgehead atoms. The first-order valence-corrected chi connectivity index (χ1v) is 12.9. The van der Waals surface area contributed by atoms with Crippen LogP contribution in [-0.4, -0.2) is 41.3 Å². The highest BCUT2D eigenvalue weighted by atomic mass is 32.2. The highest BCUT2D eigenvalue weighted by Crippen LogP contribution is 2.26. The van der Waals surface area contributed by atoms with E-state index in [0.717, 1.165) is 11.3 Å². The second-order valence-corrected chi connectivity index (χ2v) is 10.2. The van der Waals surface area contributed by atoms with Crippen molar-refractivity contribution >= 4 is 33.2 Å². The van der Waals surface area contributed by atoms with Gasteiger partial charge in [0, 0.05) is 18.7 Å². The van der Waals surface area contributed by atoms with Crippen molar-refractivity contribution in [2.24, 2.45) is 5.10 Å². The van der Waals surface area contributed by atoms with Crippen molar-refractivity contribution in [2.45, 2.75) is 16.5 Å². The molecule has 0 fully saturated rings. The van der Waals surface area contributed by atoms with Crippen molar-refractivity contribution in [3.8, 4) is 0 Å². The van der Waals surface area contributed by atoms with E-state index in [4.69, 9.17) is 5.10 Å². The summed E-state index contributed by atoms with van der Waals surface area (Å²) in [5, 5.41) is 14.0. The van der Waals surface area contributed by atoms with Gasteiger partial charge in [-0.3, -0.25) is 4.31 Å². The Kier molecular flexibility index (Phi) is 5.97. The van der Waals surface area contributed by atoms with Crippen LogP contribution >= 0.6 is 11.8 Å². The molecule has 4 aromatic rings. The van der Waals surface area contributed by atoms with Gasteiger partial charge in [0.2, 0.25) is 5.16 Å². The highest BCUT2D eigenvalue weighted by Gasteiger charge is 2.26. The molecule has 0 radical (unpaired) electrons. The fourth-order valence-electron chi connectivity index (χ4n) is 3.60. The van der Waals surface area contributed by atoms with Gasteiger partial charge in [0.25, 0.3) is 10.0 Å². The van der Waals surface area contributed by atoms with Crippen molar-refractivity contribution in [3.05, 3.63) is 102 Å². The predicted molar refractivity (Wildman–Crippen MR) is 130 cm³/mol. The molecule has 7 nitrogen and oxygen atoms in total. The topological polar surface area (TPSA) is 80.5 Å². The Bertz CT molecular complexity index is 1370. The fourth-order valence-corrected chi connectivity index (χ4v) is 5.94. The van der Waals surface area contributed by atoms with E-state index in [2.05, 4.69) is 10.2 Å². The van der Waals surface area contributed by atoms with Crippen LogP contribution in [0.25, 0.3) is 0 Å². The molecule has 0 N–H and O–H groups in total. The van der Waals surface area contributed by atoms with E-state index in [-0.39, 0.29) is 11.4 Å². The van der Waals surface area contributed by atoms with E-state index in [9.17, 15) is 8.42 Å². The number of anilines is 1. The molecule has 9 heteroatoms. The van der Waals surface area contributed by atoms with E-state index in [0.29, 0.717) is 28.8 Å². The standard InChI is InChI=1S/C24H21N5O2S2/c30-33(31,21-14-8-3-9-15-21)28(20-12-6-2-7-13-20)17-16-23-25-26-24-29(23)27-22(18-32-24)19-10-4-1-5-11-19/h1-15H,16-18H2. The molecule has 1 aliphatic rings. The van der Waals surface area contributed by atoms with E-state index >= 15 is 0 Å². The Morgan fingerprint density at radius 2 is 1.48 bits per heavy atom. The van der Waals surface area contributed by atoms with E-state index < -0.39 is 10.0 Å². The Morgan fingerprint density at radius 1 is 0.848 bits per heavy atom. The molecular weight excluding hydrogens is 454 g/mol. The number of para-hydroxylation sites is 1. The van der Waals surface area contributed by atoms with Gasteiger partial charge in [-0.05, 0) is 29.8 Å². The van der Waals surface area contributed by atoms with E-state index in [1.807, 2.05) is 48.5 Å². The number of fused-ring (bicyclic) bond motifs is 1. The Labute approximate surface area is 196 Å². The minimum absolute atomic E-state index is 0.209. The van der Waals surface area contributed by atoms with Gasteiger partial charge in [-0.2, -0.15) is 9.78 Å². The first-order valence-electron chi connectivity index (χ1n) is 10.5. The van der Waals surface area contributed by atoms with Crippen molar-refractivity contribution < 1.29 is 8.42 Å². The molecule has 1 aromatic heterocycles. The maximum Gasteiger partial charge on any atom is 0.264 e. The summed E-state index contributed by atoms with van der Waals surface area (Å²) < 4.78 is 30.1. The van der Waals surface area contributed by atoms with Gasteiger partial charge in [-0.15, -0.1) is 10.2 Å². The number of thioether (sulfide) groups is 1. The zero-order valence-corrected chi connectivity index (χ0v) is 19.3. The Balaban J connectivity index is 1.45. The summed E-state index contributed by atoms with van der Waals surface area (Å²) in [4.78, 5) is 0.247. The minimum Gasteiger partial charge on any atom is -0.266 e. The van der Waals surface area contributed by atoms with Crippen LogP contribution < -0.4 is 4.31 Å². The fraction of sp³-hybridized carbons (Fsp3) is 0.125. The van der Waals surface area contributed by atoms with Crippen LogP contribution in [0.1, 0.15) is 11.4 Å². The van der Waals surface area contributed by atoms with E-state index in [1.165, 1.54) is 4.31 Å². The number of benzene rings is 3. The van der Waals surface area contributed by atoms with Gasteiger partial charge in [0.05, 0.1) is 16.3 Å². The SMILES string of the molecule is O=S(=O)(c1ccccc1)N(CCc1nnc2n1N=C(c1ccccc1)CS2)c1ccccc1. The van der Waals surface area contributed by atoms with Gasteiger partial charge in [0.15, 0.2) is 5.82 Å². The van der Waals surface area contributed by atoms with Crippen molar-refractivity contribution in [1.82, 2.24) is 14.9 Å². The third kappa shape index (κ3) is 4.42. The zero-order valence-electron chi connectivity index (χ0n) is 17.7. The molecule has 3 aromatic carbocycles.